The minimum Gasteiger partial charge on any atom is -0.457 e. The molecule has 0 aliphatic carbocycles. The molecule has 6 atom stereocenters. The highest BCUT2D eigenvalue weighted by atomic mass is 19.1. The normalized spacial score (nSPS) is 24.2. The third-order valence-corrected chi connectivity index (χ3v) is 9.31. The van der Waals surface area contributed by atoms with Crippen molar-refractivity contribution in [1.82, 2.24) is 20.4 Å². The second-order valence-electron chi connectivity index (χ2n) is 12.8. The Morgan fingerprint density at radius 3 is 1.36 bits per heavy atom. The summed E-state index contributed by atoms with van der Waals surface area (Å²) in [5, 5.41) is 7.19. The van der Waals surface area contributed by atoms with E-state index >= 15 is 0 Å². The third kappa shape index (κ3) is 6.97. The van der Waals surface area contributed by atoms with Crippen molar-refractivity contribution in [2.75, 3.05) is 26.2 Å². The highest BCUT2D eigenvalue weighted by Crippen LogP contribution is 2.42. The van der Waals surface area contributed by atoms with Crippen LogP contribution >= 0.6 is 0 Å². The summed E-state index contributed by atoms with van der Waals surface area (Å²) in [5.74, 6) is 1.02. The summed E-state index contributed by atoms with van der Waals surface area (Å²) in [4.78, 5) is 4.99. The van der Waals surface area contributed by atoms with Gasteiger partial charge in [-0.25, -0.2) is 8.78 Å². The Morgan fingerprint density at radius 1 is 0.578 bits per heavy atom. The van der Waals surface area contributed by atoms with E-state index in [9.17, 15) is 8.78 Å². The average Bonchev–Trinajstić information content (AvgIpc) is 3.04. The van der Waals surface area contributed by atoms with Crippen molar-refractivity contribution in [2.45, 2.75) is 63.9 Å². The maximum atomic E-state index is 14.1. The number of ether oxygens (including phenoxy) is 1. The number of piperazine rings is 2. The lowest BCUT2D eigenvalue weighted by atomic mass is 9.92. The van der Waals surface area contributed by atoms with Crippen molar-refractivity contribution in [1.29, 1.82) is 0 Å². The number of hydrogen-bond acceptors (Lipinski definition) is 5. The van der Waals surface area contributed by atoms with Gasteiger partial charge in [0.15, 0.2) is 0 Å². The van der Waals surface area contributed by atoms with Crippen LogP contribution in [0.2, 0.25) is 0 Å². The van der Waals surface area contributed by atoms with E-state index in [0.29, 0.717) is 12.1 Å². The van der Waals surface area contributed by atoms with Crippen LogP contribution in [-0.2, 0) is 0 Å². The molecule has 2 heterocycles. The Kier molecular flexibility index (Phi) is 9.61. The summed E-state index contributed by atoms with van der Waals surface area (Å²) >= 11 is 0. The molecule has 45 heavy (non-hydrogen) atoms. The van der Waals surface area contributed by atoms with Crippen molar-refractivity contribution in [3.05, 3.63) is 131 Å². The average molecular weight is 611 g/mol. The second kappa shape index (κ2) is 13.8. The Hall–Kier alpha value is -3.62. The number of benzene rings is 4. The first-order chi connectivity index (χ1) is 21.8. The van der Waals surface area contributed by atoms with E-state index in [1.807, 2.05) is 60.7 Å². The molecule has 4 aromatic rings. The fourth-order valence-electron chi connectivity index (χ4n) is 6.93. The monoisotopic (exact) mass is 610 g/mol. The molecule has 0 saturated carbocycles. The minimum atomic E-state index is -0.249. The van der Waals surface area contributed by atoms with Crippen LogP contribution in [0.15, 0.2) is 97.1 Å². The van der Waals surface area contributed by atoms with E-state index in [4.69, 9.17) is 4.74 Å². The van der Waals surface area contributed by atoms with E-state index in [2.05, 4.69) is 60.3 Å². The molecule has 5 nitrogen and oxygen atoms in total. The molecule has 0 amide bonds. The van der Waals surface area contributed by atoms with Gasteiger partial charge in [0.2, 0.25) is 0 Å². The second-order valence-corrected chi connectivity index (χ2v) is 12.8. The summed E-state index contributed by atoms with van der Waals surface area (Å²) < 4.78 is 35.2. The number of nitrogens with zero attached hydrogens (tertiary/aromatic N) is 2. The maximum absolute atomic E-state index is 14.1. The Labute approximate surface area is 266 Å². The molecule has 2 aliphatic heterocycles. The highest BCUT2D eigenvalue weighted by molar-refractivity contribution is 5.48. The van der Waals surface area contributed by atoms with Crippen molar-refractivity contribution < 1.29 is 13.5 Å². The van der Waals surface area contributed by atoms with E-state index < -0.39 is 0 Å². The molecule has 6 rings (SSSR count). The molecular formula is C38H44F2N4O. The van der Waals surface area contributed by atoms with Gasteiger partial charge < -0.3 is 15.4 Å². The maximum Gasteiger partial charge on any atom is 0.132 e. The summed E-state index contributed by atoms with van der Waals surface area (Å²) in [7, 11) is 0. The molecule has 4 aromatic carbocycles. The van der Waals surface area contributed by atoms with Gasteiger partial charge >= 0.3 is 0 Å². The minimum absolute atomic E-state index is 0.129. The summed E-state index contributed by atoms with van der Waals surface area (Å²) in [5.41, 5.74) is 4.11. The predicted octanol–water partition coefficient (Wildman–Crippen LogP) is 7.30. The van der Waals surface area contributed by atoms with Crippen LogP contribution in [0.25, 0.3) is 0 Å². The predicted molar refractivity (Wildman–Crippen MR) is 177 cm³/mol. The molecule has 2 aliphatic rings. The Balaban J connectivity index is 1.44. The van der Waals surface area contributed by atoms with Crippen molar-refractivity contribution in [2.24, 2.45) is 0 Å². The van der Waals surface area contributed by atoms with Gasteiger partial charge in [0.05, 0.1) is 12.1 Å². The zero-order valence-corrected chi connectivity index (χ0v) is 26.6. The molecule has 0 aromatic heterocycles. The zero-order valence-electron chi connectivity index (χ0n) is 26.6. The molecule has 7 heteroatoms. The van der Waals surface area contributed by atoms with Crippen LogP contribution in [0.4, 0.5) is 8.78 Å². The molecule has 0 radical (unpaired) electrons. The molecule has 2 unspecified atom stereocenters. The molecule has 236 valence electrons. The Bertz CT molecular complexity index is 1450. The van der Waals surface area contributed by atoms with E-state index in [1.165, 1.54) is 0 Å². The van der Waals surface area contributed by atoms with Crippen LogP contribution in [0.1, 0.15) is 62.0 Å². The van der Waals surface area contributed by atoms with Gasteiger partial charge in [0.25, 0.3) is 0 Å². The molecule has 0 spiro atoms. The number of halogens is 2. The van der Waals surface area contributed by atoms with Crippen LogP contribution in [0.5, 0.6) is 11.5 Å². The van der Waals surface area contributed by atoms with Crippen LogP contribution in [0.3, 0.4) is 0 Å². The van der Waals surface area contributed by atoms with Crippen LogP contribution in [-0.4, -0.2) is 60.1 Å². The fraction of sp³-hybridized carbons (Fsp3) is 0.368. The first kappa shape index (κ1) is 31.4. The van der Waals surface area contributed by atoms with Gasteiger partial charge in [-0.2, -0.15) is 0 Å². The Morgan fingerprint density at radius 2 is 0.956 bits per heavy atom. The fourth-order valence-corrected chi connectivity index (χ4v) is 6.93. The van der Waals surface area contributed by atoms with Crippen LogP contribution < -0.4 is 15.4 Å². The van der Waals surface area contributed by atoms with Gasteiger partial charge in [-0.1, -0.05) is 60.7 Å². The summed E-state index contributed by atoms with van der Waals surface area (Å²) in [6.45, 7) is 12.3. The molecule has 2 saturated heterocycles. The molecule has 2 fully saturated rings. The summed E-state index contributed by atoms with van der Waals surface area (Å²) in [6.07, 6.45) is 0. The van der Waals surface area contributed by atoms with Gasteiger partial charge in [-0.15, -0.1) is 0 Å². The molecule has 0 bridgehead atoms. The smallest absolute Gasteiger partial charge is 0.132 e. The van der Waals surface area contributed by atoms with Crippen LogP contribution in [0, 0.1) is 11.6 Å². The third-order valence-electron chi connectivity index (χ3n) is 9.31. The van der Waals surface area contributed by atoms with E-state index in [-0.39, 0.29) is 35.8 Å². The van der Waals surface area contributed by atoms with Crippen molar-refractivity contribution in [3.63, 3.8) is 0 Å². The largest absolute Gasteiger partial charge is 0.457 e. The zero-order chi connectivity index (χ0) is 31.5. The van der Waals surface area contributed by atoms with Gasteiger partial charge in [0.1, 0.15) is 23.1 Å². The number of hydrogen-bond donors (Lipinski definition) is 2. The van der Waals surface area contributed by atoms with E-state index in [1.54, 1.807) is 24.3 Å². The number of nitrogens with one attached hydrogen (secondary N) is 2. The van der Waals surface area contributed by atoms with Crippen molar-refractivity contribution >= 4 is 0 Å². The van der Waals surface area contributed by atoms with E-state index in [0.717, 1.165) is 59.9 Å². The first-order valence-electron chi connectivity index (χ1n) is 16.1. The first-order valence-corrected chi connectivity index (χ1v) is 16.1. The quantitative estimate of drug-likeness (QED) is 0.219. The topological polar surface area (TPSA) is 39.8 Å². The number of rotatable bonds is 8. The van der Waals surface area contributed by atoms with Gasteiger partial charge in [0, 0.05) is 61.5 Å². The lowest BCUT2D eigenvalue weighted by molar-refractivity contribution is 0.110. The van der Waals surface area contributed by atoms with Gasteiger partial charge in [-0.3, -0.25) is 9.80 Å². The standard InChI is InChI=1S/C38H44F2N4O/c1-25-23-43(27(3)21-41-25)37(29-13-17-31(39)18-14-29)33-9-5-7-11-35(33)45-36-12-8-6-10-34(36)38(30-15-19-32(40)20-16-30)44-24-26(2)42-22-28(44)4/h5-20,25-28,37-38,41-42H,21-24H2,1-4H3/t25-,26-,27+,28+,37?,38?/m0/s1. The highest BCUT2D eigenvalue weighted by Gasteiger charge is 2.35. The SMILES string of the molecule is C[C@@H]1CN[C@@H](C)CN1C(c1ccc(F)cc1)c1ccccc1Oc1ccccc1C(c1ccc(F)cc1)N1C[C@H](C)NC[C@H]1C. The summed E-state index contributed by atoms with van der Waals surface area (Å²) in [6, 6.07) is 31.0. The molecule has 2 N–H and O–H groups in total. The van der Waals surface area contributed by atoms with Crippen molar-refractivity contribution in [3.8, 4) is 11.5 Å². The number of para-hydroxylation sites is 2. The molecular weight excluding hydrogens is 566 g/mol. The lowest BCUT2D eigenvalue weighted by Crippen LogP contribution is -2.55. The lowest BCUT2D eigenvalue weighted by Gasteiger charge is -2.44. The van der Waals surface area contributed by atoms with Gasteiger partial charge in [-0.05, 0) is 75.2 Å².